The summed E-state index contributed by atoms with van der Waals surface area (Å²) in [6, 6.07) is 26.0. The van der Waals surface area contributed by atoms with E-state index in [0.717, 1.165) is 29.5 Å². The first-order valence-corrected chi connectivity index (χ1v) is 12.7. The van der Waals surface area contributed by atoms with Crippen LogP contribution >= 0.6 is 0 Å². The third-order valence-corrected chi connectivity index (χ3v) is 6.35. The van der Waals surface area contributed by atoms with Gasteiger partial charge < -0.3 is 10.2 Å². The van der Waals surface area contributed by atoms with Crippen molar-refractivity contribution < 1.29 is 9.59 Å². The van der Waals surface area contributed by atoms with Crippen LogP contribution in [0.25, 0.3) is 0 Å². The van der Waals surface area contributed by atoms with Crippen molar-refractivity contribution in [2.75, 3.05) is 6.54 Å². The van der Waals surface area contributed by atoms with Gasteiger partial charge in [0.2, 0.25) is 11.8 Å². The predicted octanol–water partition coefficient (Wildman–Crippen LogP) is 5.66. The average molecular weight is 471 g/mol. The smallest absolute Gasteiger partial charge is 0.243 e. The van der Waals surface area contributed by atoms with E-state index in [4.69, 9.17) is 0 Å². The summed E-state index contributed by atoms with van der Waals surface area (Å²) in [6.45, 7) is 7.22. The van der Waals surface area contributed by atoms with Gasteiger partial charge in [-0.25, -0.2) is 0 Å². The van der Waals surface area contributed by atoms with Gasteiger partial charge in [0.15, 0.2) is 0 Å². The molecule has 0 heterocycles. The second kappa shape index (κ2) is 13.5. The number of amides is 2. The third-order valence-electron chi connectivity index (χ3n) is 6.35. The van der Waals surface area contributed by atoms with E-state index in [1.807, 2.05) is 56.3 Å². The zero-order valence-corrected chi connectivity index (χ0v) is 21.3. The highest BCUT2D eigenvalue weighted by molar-refractivity contribution is 5.88. The van der Waals surface area contributed by atoms with Crippen LogP contribution < -0.4 is 5.32 Å². The lowest BCUT2D eigenvalue weighted by molar-refractivity contribution is -0.141. The van der Waals surface area contributed by atoms with Crippen LogP contribution in [0.2, 0.25) is 0 Å². The van der Waals surface area contributed by atoms with Gasteiger partial charge in [-0.2, -0.15) is 0 Å². The lowest BCUT2D eigenvalue weighted by atomic mass is 10.0. The standard InChI is InChI=1S/C31H38N2O2/c1-4-21-32-31(35)29(22-27-9-7-6-8-10-27)33(23-28-13-11-24(3)12-14-28)30(34)20-19-26-17-15-25(5-2)16-18-26/h6-18,29H,4-5,19-23H2,1-3H3,(H,32,35)/t29-/m0/s1. The highest BCUT2D eigenvalue weighted by Gasteiger charge is 2.30. The van der Waals surface area contributed by atoms with Crippen LogP contribution in [0, 0.1) is 6.92 Å². The first-order chi connectivity index (χ1) is 17.0. The molecule has 0 aliphatic heterocycles. The molecule has 0 aromatic heterocycles. The van der Waals surface area contributed by atoms with Crippen LogP contribution in [0.5, 0.6) is 0 Å². The van der Waals surface area contributed by atoms with Crippen molar-refractivity contribution in [1.82, 2.24) is 10.2 Å². The Morgan fingerprint density at radius 1 is 0.800 bits per heavy atom. The number of carbonyl (C=O) groups is 2. The van der Waals surface area contributed by atoms with Crippen molar-refractivity contribution in [3.8, 4) is 0 Å². The van der Waals surface area contributed by atoms with Crippen molar-refractivity contribution in [2.45, 2.75) is 65.5 Å². The zero-order valence-electron chi connectivity index (χ0n) is 21.3. The van der Waals surface area contributed by atoms with Crippen LogP contribution in [0.1, 0.15) is 54.5 Å². The lowest BCUT2D eigenvalue weighted by Crippen LogP contribution is -2.50. The Kier molecular flexibility index (Phi) is 10.1. The van der Waals surface area contributed by atoms with E-state index < -0.39 is 6.04 Å². The molecule has 0 unspecified atom stereocenters. The lowest BCUT2D eigenvalue weighted by Gasteiger charge is -2.31. The molecule has 0 bridgehead atoms. The van der Waals surface area contributed by atoms with Gasteiger partial charge in [0.05, 0.1) is 0 Å². The molecular formula is C31H38N2O2. The Labute approximate surface area is 210 Å². The number of carbonyl (C=O) groups excluding carboxylic acids is 2. The minimum absolute atomic E-state index is 0.00211. The maximum atomic E-state index is 13.7. The molecule has 1 N–H and O–H groups in total. The number of nitrogens with zero attached hydrogens (tertiary/aromatic N) is 1. The second-order valence-electron chi connectivity index (χ2n) is 9.17. The van der Waals surface area contributed by atoms with Crippen molar-refractivity contribution in [3.05, 3.63) is 107 Å². The summed E-state index contributed by atoms with van der Waals surface area (Å²) in [4.78, 5) is 28.8. The van der Waals surface area contributed by atoms with Gasteiger partial charge in [-0.15, -0.1) is 0 Å². The summed E-state index contributed by atoms with van der Waals surface area (Å²) in [5, 5.41) is 3.04. The molecule has 4 heteroatoms. The molecule has 0 spiro atoms. The van der Waals surface area contributed by atoms with Crippen LogP contribution in [-0.2, 0) is 35.4 Å². The molecule has 0 saturated carbocycles. The molecule has 35 heavy (non-hydrogen) atoms. The van der Waals surface area contributed by atoms with Gasteiger partial charge in [0.25, 0.3) is 0 Å². The Bertz CT molecular complexity index is 1060. The van der Waals surface area contributed by atoms with E-state index in [9.17, 15) is 9.59 Å². The van der Waals surface area contributed by atoms with Gasteiger partial charge >= 0.3 is 0 Å². The van der Waals surface area contributed by atoms with Crippen LogP contribution in [-0.4, -0.2) is 29.3 Å². The van der Waals surface area contributed by atoms with Gasteiger partial charge in [-0.1, -0.05) is 98.3 Å². The fourth-order valence-electron chi connectivity index (χ4n) is 4.15. The van der Waals surface area contributed by atoms with E-state index in [1.54, 1.807) is 4.90 Å². The molecule has 4 nitrogen and oxygen atoms in total. The molecule has 3 aromatic rings. The molecule has 3 rings (SSSR count). The quantitative estimate of drug-likeness (QED) is 0.371. The van der Waals surface area contributed by atoms with E-state index in [1.165, 1.54) is 11.1 Å². The maximum Gasteiger partial charge on any atom is 0.243 e. The predicted molar refractivity (Wildman–Crippen MR) is 143 cm³/mol. The largest absolute Gasteiger partial charge is 0.354 e. The SMILES string of the molecule is CCCNC(=O)[C@H](Cc1ccccc1)N(Cc1ccc(C)cc1)C(=O)CCc1ccc(CC)cc1. The molecule has 0 aliphatic rings. The Morgan fingerprint density at radius 3 is 2.06 bits per heavy atom. The van der Waals surface area contributed by atoms with Crippen molar-refractivity contribution in [2.24, 2.45) is 0 Å². The first-order valence-electron chi connectivity index (χ1n) is 12.7. The second-order valence-corrected chi connectivity index (χ2v) is 9.17. The molecule has 184 valence electrons. The highest BCUT2D eigenvalue weighted by Crippen LogP contribution is 2.18. The molecule has 0 aliphatic carbocycles. The molecule has 1 atom stereocenters. The van der Waals surface area contributed by atoms with Gasteiger partial charge in [0.1, 0.15) is 6.04 Å². The number of nitrogens with one attached hydrogen (secondary N) is 1. The summed E-state index contributed by atoms with van der Waals surface area (Å²) in [7, 11) is 0. The minimum Gasteiger partial charge on any atom is -0.354 e. The topological polar surface area (TPSA) is 49.4 Å². The molecule has 2 amide bonds. The first kappa shape index (κ1) is 26.2. The molecule has 3 aromatic carbocycles. The Balaban J connectivity index is 1.86. The average Bonchev–Trinajstić information content (AvgIpc) is 2.89. The summed E-state index contributed by atoms with van der Waals surface area (Å²) in [6.07, 6.45) is 3.35. The van der Waals surface area contributed by atoms with Crippen molar-refractivity contribution in [3.63, 3.8) is 0 Å². The third kappa shape index (κ3) is 8.10. The number of hydrogen-bond acceptors (Lipinski definition) is 2. The number of benzene rings is 3. The Morgan fingerprint density at radius 2 is 1.43 bits per heavy atom. The summed E-state index contributed by atoms with van der Waals surface area (Å²) in [5.74, 6) is -0.0961. The van der Waals surface area contributed by atoms with Crippen LogP contribution in [0.15, 0.2) is 78.9 Å². The fraction of sp³-hybridized carbons (Fsp3) is 0.355. The summed E-state index contributed by atoms with van der Waals surface area (Å²) >= 11 is 0. The van der Waals surface area contributed by atoms with Gasteiger partial charge in [0, 0.05) is 25.9 Å². The zero-order chi connectivity index (χ0) is 25.0. The molecular weight excluding hydrogens is 432 g/mol. The molecule has 0 saturated heterocycles. The van der Waals surface area contributed by atoms with Crippen LogP contribution in [0.4, 0.5) is 0 Å². The minimum atomic E-state index is -0.569. The van der Waals surface area contributed by atoms with Gasteiger partial charge in [-0.05, 0) is 48.4 Å². The van der Waals surface area contributed by atoms with Gasteiger partial charge in [-0.3, -0.25) is 9.59 Å². The number of aryl methyl sites for hydroxylation is 3. The fourth-order valence-corrected chi connectivity index (χ4v) is 4.15. The number of rotatable bonds is 12. The monoisotopic (exact) mass is 470 g/mol. The van der Waals surface area contributed by atoms with Crippen molar-refractivity contribution >= 4 is 11.8 Å². The maximum absolute atomic E-state index is 13.7. The van der Waals surface area contributed by atoms with Crippen LogP contribution in [0.3, 0.4) is 0 Å². The normalized spacial score (nSPS) is 11.6. The van der Waals surface area contributed by atoms with E-state index in [2.05, 4.69) is 48.6 Å². The Hall–Kier alpha value is -3.40. The van der Waals surface area contributed by atoms with E-state index in [-0.39, 0.29) is 11.8 Å². The molecule has 0 radical (unpaired) electrons. The van der Waals surface area contributed by atoms with E-state index in [0.29, 0.717) is 32.4 Å². The van der Waals surface area contributed by atoms with E-state index >= 15 is 0 Å². The summed E-state index contributed by atoms with van der Waals surface area (Å²) < 4.78 is 0. The van der Waals surface area contributed by atoms with Crippen molar-refractivity contribution in [1.29, 1.82) is 0 Å². The number of hydrogen-bond donors (Lipinski definition) is 1. The highest BCUT2D eigenvalue weighted by atomic mass is 16.2. The molecule has 0 fully saturated rings. The summed E-state index contributed by atoms with van der Waals surface area (Å²) in [5.41, 5.74) is 5.67.